The molecular formula is C29H27BrCl2F2N3O7PS. The van der Waals surface area contributed by atoms with Gasteiger partial charge < -0.3 is 18.9 Å². The Kier molecular flexibility index (Phi) is 11.4. The van der Waals surface area contributed by atoms with Crippen molar-refractivity contribution < 1.29 is 40.9 Å². The Labute approximate surface area is 282 Å². The van der Waals surface area contributed by atoms with Crippen molar-refractivity contribution in [3.8, 4) is 11.3 Å². The normalized spacial score (nSPS) is 13.4. The number of hydroxylamine groups is 1. The molecule has 3 aromatic carbocycles. The van der Waals surface area contributed by atoms with Gasteiger partial charge in [0.15, 0.2) is 15.6 Å². The van der Waals surface area contributed by atoms with Crippen LogP contribution in [0, 0.1) is 0 Å². The highest BCUT2D eigenvalue weighted by Gasteiger charge is 2.46. The molecule has 1 N–H and O–H groups in total. The number of alkyl halides is 2. The van der Waals surface area contributed by atoms with Gasteiger partial charge in [-0.15, -0.1) is 4.83 Å². The second-order valence-electron chi connectivity index (χ2n) is 9.95. The summed E-state index contributed by atoms with van der Waals surface area (Å²) < 4.78 is 77.8. The average Bonchev–Trinajstić information content (AvgIpc) is 3.50. The van der Waals surface area contributed by atoms with Crippen LogP contribution in [-0.4, -0.2) is 48.3 Å². The molecule has 0 aliphatic rings. The molecule has 0 fully saturated rings. The maximum atomic E-state index is 15.4. The average molecular weight is 781 g/mol. The van der Waals surface area contributed by atoms with Gasteiger partial charge in [-0.25, -0.2) is 13.4 Å². The first-order valence-corrected chi connectivity index (χ1v) is 18.2. The van der Waals surface area contributed by atoms with E-state index in [2.05, 4.69) is 20.9 Å². The van der Waals surface area contributed by atoms with Gasteiger partial charge in [0, 0.05) is 27.5 Å². The van der Waals surface area contributed by atoms with Crippen molar-refractivity contribution in [3.05, 3.63) is 92.5 Å². The van der Waals surface area contributed by atoms with E-state index in [1.165, 1.54) is 37.4 Å². The van der Waals surface area contributed by atoms with E-state index in [0.29, 0.717) is 27.6 Å². The molecule has 0 amide bonds. The fourth-order valence-electron chi connectivity index (χ4n) is 4.20. The van der Waals surface area contributed by atoms with Gasteiger partial charge in [0.25, 0.3) is 0 Å². The number of halogens is 5. The summed E-state index contributed by atoms with van der Waals surface area (Å²) in [6.45, 7) is 2.59. The molecule has 0 spiro atoms. The Morgan fingerprint density at radius 3 is 2.39 bits per heavy atom. The minimum atomic E-state index is -4.26. The van der Waals surface area contributed by atoms with Crippen LogP contribution in [0.15, 0.2) is 80.6 Å². The van der Waals surface area contributed by atoms with E-state index in [0.717, 1.165) is 19.2 Å². The maximum absolute atomic E-state index is 15.4. The van der Waals surface area contributed by atoms with Crippen molar-refractivity contribution in [1.29, 1.82) is 0 Å². The Hall–Kier alpha value is -2.84. The van der Waals surface area contributed by atoms with Crippen LogP contribution in [0.5, 0.6) is 0 Å². The summed E-state index contributed by atoms with van der Waals surface area (Å²) >= 11 is 15.5. The first-order chi connectivity index (χ1) is 21.5. The van der Waals surface area contributed by atoms with Gasteiger partial charge in [-0.05, 0) is 67.9 Å². The van der Waals surface area contributed by atoms with Crippen LogP contribution in [0.3, 0.4) is 0 Å². The van der Waals surface area contributed by atoms with Crippen molar-refractivity contribution in [2.75, 3.05) is 17.8 Å². The van der Waals surface area contributed by atoms with Gasteiger partial charge in [0.2, 0.25) is 7.95 Å². The van der Waals surface area contributed by atoms with Crippen LogP contribution in [0.4, 0.5) is 20.5 Å². The summed E-state index contributed by atoms with van der Waals surface area (Å²) in [6.07, 6.45) is 2.55. The van der Waals surface area contributed by atoms with Crippen LogP contribution in [0.2, 0.25) is 10.0 Å². The summed E-state index contributed by atoms with van der Waals surface area (Å²) in [6, 6.07) is 13.2. The lowest BCUT2D eigenvalue weighted by atomic mass is 10.1. The van der Waals surface area contributed by atoms with E-state index in [4.69, 9.17) is 32.4 Å². The lowest BCUT2D eigenvalue weighted by Gasteiger charge is -2.26. The highest BCUT2D eigenvalue weighted by molar-refractivity contribution is 9.10. The lowest BCUT2D eigenvalue weighted by Crippen LogP contribution is -2.35. The van der Waals surface area contributed by atoms with Gasteiger partial charge in [0.05, 0.1) is 34.3 Å². The number of oxazole rings is 1. The molecule has 2 unspecified atom stereocenters. The Morgan fingerprint density at radius 1 is 1.13 bits per heavy atom. The van der Waals surface area contributed by atoms with Crippen molar-refractivity contribution in [1.82, 2.24) is 9.82 Å². The smallest absolute Gasteiger partial charge is 0.336 e. The van der Waals surface area contributed by atoms with Gasteiger partial charge >= 0.3 is 17.6 Å². The molecule has 10 nitrogen and oxygen atoms in total. The van der Waals surface area contributed by atoms with Crippen LogP contribution in [0.25, 0.3) is 11.3 Å². The molecule has 0 saturated carbocycles. The number of hydrogen-bond acceptors (Lipinski definition) is 9. The fraction of sp³-hybridized carbons (Fsp3) is 0.241. The number of carbonyl (C=O) groups is 1. The van der Waals surface area contributed by atoms with E-state index < -0.39 is 41.0 Å². The Bertz CT molecular complexity index is 1880. The zero-order chi connectivity index (χ0) is 34.0. The number of ether oxygens (including phenoxy) is 1. The molecule has 0 bridgehead atoms. The highest BCUT2D eigenvalue weighted by Crippen LogP contribution is 2.54. The first-order valence-electron chi connectivity index (χ1n) is 13.4. The van der Waals surface area contributed by atoms with Crippen LogP contribution >= 0.6 is 47.1 Å². The van der Waals surface area contributed by atoms with E-state index in [1.54, 1.807) is 35.2 Å². The lowest BCUT2D eigenvalue weighted by molar-refractivity contribution is -0.156. The van der Waals surface area contributed by atoms with Gasteiger partial charge in [-0.3, -0.25) is 9.69 Å². The number of carbonyl (C=O) groups excluding carboxylic acids is 1. The topological polar surface area (TPSA) is 130 Å². The van der Waals surface area contributed by atoms with Gasteiger partial charge in [-0.1, -0.05) is 51.3 Å². The number of nitrogens with zero attached hydrogens (tertiary/aromatic N) is 3. The maximum Gasteiger partial charge on any atom is 0.336 e. The molecule has 0 aliphatic heterocycles. The summed E-state index contributed by atoms with van der Waals surface area (Å²) in [5, 5.41) is 10.7. The minimum Gasteiger partial charge on any atom is -0.465 e. The first kappa shape index (κ1) is 36.0. The summed E-state index contributed by atoms with van der Waals surface area (Å²) in [5.41, 5.74) is -3.18. The molecule has 2 atom stereocenters. The molecule has 0 aliphatic carbocycles. The molecule has 4 aromatic rings. The van der Waals surface area contributed by atoms with Crippen LogP contribution in [0.1, 0.15) is 25.0 Å². The number of esters is 1. The molecule has 1 heterocycles. The largest absolute Gasteiger partial charge is 0.465 e. The predicted molar refractivity (Wildman–Crippen MR) is 174 cm³/mol. The van der Waals surface area contributed by atoms with E-state index in [-0.39, 0.29) is 38.4 Å². The van der Waals surface area contributed by atoms with Gasteiger partial charge in [0.1, 0.15) is 6.04 Å². The molecule has 0 radical (unpaired) electrons. The Morgan fingerprint density at radius 2 is 1.80 bits per heavy atom. The third-order valence-corrected chi connectivity index (χ3v) is 10.8. The third kappa shape index (κ3) is 7.99. The van der Waals surface area contributed by atoms with E-state index >= 15 is 8.78 Å². The van der Waals surface area contributed by atoms with E-state index in [1.807, 2.05) is 0 Å². The number of rotatable bonds is 12. The molecule has 46 heavy (non-hydrogen) atoms. The van der Waals surface area contributed by atoms with Crippen molar-refractivity contribution in [2.24, 2.45) is 0 Å². The SMILES string of the molecule is CCOC(=O)C(C)N(O)[PH](=O)C(F)(F)c1ccc(CN(c2ccc(Cl)c(Cl)c2)c2ncc(-c3ccc(S(C)(=O)=O)cc3)o2)cc1Br. The van der Waals surface area contributed by atoms with Gasteiger partial charge in [-0.2, -0.15) is 8.78 Å². The minimum absolute atomic E-state index is 0.0244. The van der Waals surface area contributed by atoms with Crippen LogP contribution in [-0.2, 0) is 36.1 Å². The number of anilines is 2. The highest BCUT2D eigenvalue weighted by atomic mass is 79.9. The number of benzene rings is 3. The molecule has 0 saturated heterocycles. The second-order valence-corrected chi connectivity index (χ2v) is 15.3. The Balaban J connectivity index is 1.66. The predicted octanol–water partition coefficient (Wildman–Crippen LogP) is 8.32. The summed E-state index contributed by atoms with van der Waals surface area (Å²) in [7, 11) is -7.66. The third-order valence-electron chi connectivity index (χ3n) is 6.69. The molecule has 1 aromatic heterocycles. The summed E-state index contributed by atoms with van der Waals surface area (Å²) in [4.78, 5) is 17.9. The van der Waals surface area contributed by atoms with Crippen molar-refractivity contribution >= 4 is 74.6 Å². The van der Waals surface area contributed by atoms with Crippen LogP contribution < -0.4 is 4.90 Å². The van der Waals surface area contributed by atoms with Crippen molar-refractivity contribution in [2.45, 2.75) is 37.0 Å². The zero-order valence-electron chi connectivity index (χ0n) is 24.4. The zero-order valence-corrected chi connectivity index (χ0v) is 29.3. The fourth-order valence-corrected chi connectivity index (χ4v) is 7.18. The number of aromatic nitrogens is 1. The van der Waals surface area contributed by atoms with Crippen molar-refractivity contribution in [3.63, 3.8) is 0 Å². The standard InChI is InChI=1S/C29H27BrCl2F2N3O7PS/c1-4-43-27(38)17(2)37(39)45(40)29(33,34)22-11-5-18(13-23(22)30)16-36(20-8-12-24(31)25(32)14-20)28-35-15-26(44-28)19-6-9-21(10-7-19)46(3,41)42/h5-15,17,39,45H,4,16H2,1-3H3. The molecular weight excluding hydrogens is 754 g/mol. The molecule has 246 valence electrons. The molecule has 17 heteroatoms. The molecule has 4 rings (SSSR count). The number of hydrogen-bond donors (Lipinski definition) is 1. The summed E-state index contributed by atoms with van der Waals surface area (Å²) in [5.74, 6) is -0.677. The quantitative estimate of drug-likeness (QED) is 0.0851. The number of sulfone groups is 1. The van der Waals surface area contributed by atoms with E-state index in [9.17, 15) is 23.0 Å². The second kappa shape index (κ2) is 14.5. The monoisotopic (exact) mass is 779 g/mol.